The molecule has 0 amide bonds. The number of nitrogens with one attached hydrogen (secondary N) is 2. The fraction of sp³-hybridized carbons (Fsp3) is 0.346. The summed E-state index contributed by atoms with van der Waals surface area (Å²) in [6.45, 7) is 5.94. The number of hydrogen-bond acceptors (Lipinski definition) is 7. The Morgan fingerprint density at radius 3 is 2.26 bits per heavy atom. The largest absolute Gasteiger partial charge is 0.497 e. The van der Waals surface area contributed by atoms with Crippen molar-refractivity contribution in [3.63, 3.8) is 0 Å². The average Bonchev–Trinajstić information content (AvgIpc) is 3.29. The molecule has 178 valence electrons. The first kappa shape index (κ1) is 23.7. The normalized spacial score (nSPS) is 12.3. The van der Waals surface area contributed by atoms with Crippen LogP contribution in [0, 0.1) is 0 Å². The molecule has 2 aromatic heterocycles. The molecule has 0 saturated carbocycles. The number of ether oxygens (including phenoxy) is 2. The van der Waals surface area contributed by atoms with Gasteiger partial charge in [-0.3, -0.25) is 9.67 Å². The van der Waals surface area contributed by atoms with Gasteiger partial charge in [0.2, 0.25) is 0 Å². The third-order valence-electron chi connectivity index (χ3n) is 5.63. The van der Waals surface area contributed by atoms with Crippen molar-refractivity contribution in [1.29, 1.82) is 0 Å². The van der Waals surface area contributed by atoms with E-state index in [0.29, 0.717) is 6.04 Å². The number of fused-ring (bicyclic) bond motifs is 1. The molecular formula is C26H32N6O2. The molecule has 0 aliphatic carbocycles. The number of methoxy groups -OCH3 is 2. The summed E-state index contributed by atoms with van der Waals surface area (Å²) >= 11 is 0. The van der Waals surface area contributed by atoms with E-state index in [0.717, 1.165) is 58.0 Å². The third kappa shape index (κ3) is 5.52. The van der Waals surface area contributed by atoms with Crippen molar-refractivity contribution >= 4 is 11.0 Å². The maximum atomic E-state index is 5.53. The molecule has 4 rings (SSSR count). The van der Waals surface area contributed by atoms with Gasteiger partial charge >= 0.3 is 0 Å². The number of hydrogen-bond donors (Lipinski definition) is 2. The number of aryl methyl sites for hydroxylation is 1. The van der Waals surface area contributed by atoms with Crippen LogP contribution in [0.15, 0.2) is 55.0 Å². The zero-order valence-corrected chi connectivity index (χ0v) is 20.4. The van der Waals surface area contributed by atoms with Crippen LogP contribution in [0.5, 0.6) is 11.5 Å². The molecule has 0 spiro atoms. The Morgan fingerprint density at radius 2 is 1.62 bits per heavy atom. The summed E-state index contributed by atoms with van der Waals surface area (Å²) in [6.07, 6.45) is 5.53. The number of aromatic nitrogens is 4. The molecule has 2 N–H and O–H groups in total. The van der Waals surface area contributed by atoms with E-state index in [9.17, 15) is 0 Å². The van der Waals surface area contributed by atoms with Gasteiger partial charge in [0, 0.05) is 44.0 Å². The van der Waals surface area contributed by atoms with E-state index in [2.05, 4.69) is 46.7 Å². The van der Waals surface area contributed by atoms with Crippen LogP contribution >= 0.6 is 0 Å². The Morgan fingerprint density at radius 1 is 0.882 bits per heavy atom. The first-order chi connectivity index (χ1) is 16.5. The highest BCUT2D eigenvalue weighted by Crippen LogP contribution is 2.31. The standard InChI is InChI=1S/C26H32N6O2/c1-17(2)27-8-9-28-26(19-10-21(33-4)13-22(11-19)34-5)18-6-7-23-24(12-18)31-25(15-29-23)20-14-30-32(3)16-20/h6-7,10-17,26-28H,8-9H2,1-5H3/t26-/m0/s1. The molecule has 2 heterocycles. The molecule has 0 aliphatic rings. The zero-order chi connectivity index (χ0) is 24.1. The van der Waals surface area contributed by atoms with E-state index in [1.807, 2.05) is 37.5 Å². The van der Waals surface area contributed by atoms with E-state index in [-0.39, 0.29) is 6.04 Å². The second-order valence-electron chi connectivity index (χ2n) is 8.55. The molecule has 8 heteroatoms. The van der Waals surface area contributed by atoms with Crippen LogP contribution in [0.1, 0.15) is 31.0 Å². The van der Waals surface area contributed by atoms with Crippen molar-refractivity contribution in [3.05, 3.63) is 66.1 Å². The highest BCUT2D eigenvalue weighted by Gasteiger charge is 2.17. The minimum Gasteiger partial charge on any atom is -0.497 e. The van der Waals surface area contributed by atoms with E-state index in [4.69, 9.17) is 14.5 Å². The molecular weight excluding hydrogens is 428 g/mol. The van der Waals surface area contributed by atoms with Gasteiger partial charge in [-0.2, -0.15) is 5.10 Å². The van der Waals surface area contributed by atoms with Gasteiger partial charge in [-0.15, -0.1) is 0 Å². The molecule has 0 aliphatic heterocycles. The first-order valence-corrected chi connectivity index (χ1v) is 11.4. The van der Waals surface area contributed by atoms with Gasteiger partial charge < -0.3 is 20.1 Å². The lowest BCUT2D eigenvalue weighted by Crippen LogP contribution is -2.34. The van der Waals surface area contributed by atoms with E-state index < -0.39 is 0 Å². The maximum Gasteiger partial charge on any atom is 0.122 e. The van der Waals surface area contributed by atoms with Crippen molar-refractivity contribution in [2.75, 3.05) is 27.3 Å². The first-order valence-electron chi connectivity index (χ1n) is 11.4. The van der Waals surface area contributed by atoms with Gasteiger partial charge in [0.15, 0.2) is 0 Å². The van der Waals surface area contributed by atoms with Crippen molar-refractivity contribution in [1.82, 2.24) is 30.4 Å². The van der Waals surface area contributed by atoms with Crippen LogP contribution in [-0.2, 0) is 7.05 Å². The Hall–Kier alpha value is -3.49. The lowest BCUT2D eigenvalue weighted by atomic mass is 9.97. The number of rotatable bonds is 10. The second kappa shape index (κ2) is 10.6. The van der Waals surface area contributed by atoms with Gasteiger partial charge in [0.1, 0.15) is 11.5 Å². The van der Waals surface area contributed by atoms with Gasteiger partial charge in [0.05, 0.1) is 49.4 Å². The smallest absolute Gasteiger partial charge is 0.122 e. The fourth-order valence-electron chi connectivity index (χ4n) is 3.90. The van der Waals surface area contributed by atoms with Crippen LogP contribution < -0.4 is 20.1 Å². The summed E-state index contributed by atoms with van der Waals surface area (Å²) in [5, 5.41) is 11.4. The molecule has 0 bridgehead atoms. The summed E-state index contributed by atoms with van der Waals surface area (Å²) in [7, 11) is 5.22. The molecule has 8 nitrogen and oxygen atoms in total. The lowest BCUT2D eigenvalue weighted by Gasteiger charge is -2.22. The summed E-state index contributed by atoms with van der Waals surface area (Å²) in [5.74, 6) is 1.50. The Balaban J connectivity index is 1.72. The molecule has 34 heavy (non-hydrogen) atoms. The van der Waals surface area contributed by atoms with Crippen LogP contribution in [0.25, 0.3) is 22.3 Å². The van der Waals surface area contributed by atoms with Gasteiger partial charge in [-0.05, 0) is 35.4 Å². The van der Waals surface area contributed by atoms with Crippen LogP contribution in [-0.4, -0.2) is 53.1 Å². The summed E-state index contributed by atoms with van der Waals surface area (Å²) in [6, 6.07) is 12.5. The predicted octanol–water partition coefficient (Wildman–Crippen LogP) is 3.72. The molecule has 2 aromatic carbocycles. The van der Waals surface area contributed by atoms with Crippen LogP contribution in [0.4, 0.5) is 0 Å². The van der Waals surface area contributed by atoms with Crippen LogP contribution in [0.2, 0.25) is 0 Å². The van der Waals surface area contributed by atoms with Crippen molar-refractivity contribution < 1.29 is 9.47 Å². The monoisotopic (exact) mass is 460 g/mol. The van der Waals surface area contributed by atoms with Crippen molar-refractivity contribution in [3.8, 4) is 22.8 Å². The van der Waals surface area contributed by atoms with E-state index >= 15 is 0 Å². The molecule has 0 radical (unpaired) electrons. The lowest BCUT2D eigenvalue weighted by molar-refractivity contribution is 0.392. The van der Waals surface area contributed by atoms with Gasteiger partial charge in [-0.1, -0.05) is 19.9 Å². The minimum absolute atomic E-state index is 0.0776. The van der Waals surface area contributed by atoms with E-state index in [1.54, 1.807) is 31.3 Å². The van der Waals surface area contributed by atoms with Gasteiger partial charge in [0.25, 0.3) is 0 Å². The molecule has 4 aromatic rings. The summed E-state index contributed by atoms with van der Waals surface area (Å²) in [4.78, 5) is 9.50. The molecule has 1 atom stereocenters. The highest BCUT2D eigenvalue weighted by atomic mass is 16.5. The Kier molecular flexibility index (Phi) is 7.40. The summed E-state index contributed by atoms with van der Waals surface area (Å²) in [5.41, 5.74) is 5.56. The van der Waals surface area contributed by atoms with E-state index in [1.165, 1.54) is 0 Å². The number of benzene rings is 2. The highest BCUT2D eigenvalue weighted by molar-refractivity contribution is 5.78. The average molecular weight is 461 g/mol. The molecule has 0 fully saturated rings. The van der Waals surface area contributed by atoms with Crippen molar-refractivity contribution in [2.45, 2.75) is 25.9 Å². The third-order valence-corrected chi connectivity index (χ3v) is 5.63. The quantitative estimate of drug-likeness (QED) is 0.349. The van der Waals surface area contributed by atoms with Gasteiger partial charge in [-0.25, -0.2) is 4.98 Å². The second-order valence-corrected chi connectivity index (χ2v) is 8.55. The maximum absolute atomic E-state index is 5.53. The van der Waals surface area contributed by atoms with Crippen molar-refractivity contribution in [2.24, 2.45) is 7.05 Å². The molecule has 0 saturated heterocycles. The Labute approximate surface area is 200 Å². The topological polar surface area (TPSA) is 86.1 Å². The summed E-state index contributed by atoms with van der Waals surface area (Å²) < 4.78 is 12.8. The number of nitrogens with zero attached hydrogens (tertiary/aromatic N) is 4. The predicted molar refractivity (Wildman–Crippen MR) is 134 cm³/mol. The fourth-order valence-corrected chi connectivity index (χ4v) is 3.90. The molecule has 0 unspecified atom stereocenters. The Bertz CT molecular complexity index is 1230. The van der Waals surface area contributed by atoms with Crippen LogP contribution in [0.3, 0.4) is 0 Å². The minimum atomic E-state index is -0.0776. The SMILES string of the molecule is COc1cc(OC)cc([C@@H](NCCNC(C)C)c2ccc3ncc(-c4cnn(C)c4)nc3c2)c1. The zero-order valence-electron chi connectivity index (χ0n) is 20.4.